The smallest absolute Gasteiger partial charge is 0.0949 e. The number of thioether (sulfide) groups is 1. The van der Waals surface area contributed by atoms with Gasteiger partial charge in [-0.15, -0.1) is 0 Å². The number of imidazole rings is 1. The topological polar surface area (TPSA) is 29.9 Å². The highest BCUT2D eigenvalue weighted by atomic mass is 32.2. The molecular weight excluding hydrogens is 254 g/mol. The SMILES string of the molecule is c1cc(Cn2ccnc2)cc(NC2CCSCC2)c1. The van der Waals surface area contributed by atoms with Crippen molar-refractivity contribution in [2.24, 2.45) is 0 Å². The second-order valence-electron chi connectivity index (χ2n) is 4.97. The first kappa shape index (κ1) is 12.6. The fourth-order valence-electron chi connectivity index (χ4n) is 2.43. The maximum Gasteiger partial charge on any atom is 0.0949 e. The summed E-state index contributed by atoms with van der Waals surface area (Å²) >= 11 is 2.06. The molecule has 0 aliphatic carbocycles. The van der Waals surface area contributed by atoms with Gasteiger partial charge in [0.1, 0.15) is 0 Å². The molecule has 100 valence electrons. The van der Waals surface area contributed by atoms with Crippen LogP contribution in [0.2, 0.25) is 0 Å². The van der Waals surface area contributed by atoms with Gasteiger partial charge in [0.05, 0.1) is 6.33 Å². The lowest BCUT2D eigenvalue weighted by atomic mass is 10.1. The molecule has 2 heterocycles. The number of hydrogen-bond acceptors (Lipinski definition) is 3. The first-order chi connectivity index (χ1) is 9.40. The minimum atomic E-state index is 0.643. The van der Waals surface area contributed by atoms with Gasteiger partial charge < -0.3 is 9.88 Å². The summed E-state index contributed by atoms with van der Waals surface area (Å²) in [6.45, 7) is 0.885. The molecule has 1 N–H and O–H groups in total. The van der Waals surface area contributed by atoms with Crippen LogP contribution in [0.1, 0.15) is 18.4 Å². The average molecular weight is 273 g/mol. The first-order valence-electron chi connectivity index (χ1n) is 6.79. The van der Waals surface area contributed by atoms with E-state index in [4.69, 9.17) is 0 Å². The molecule has 0 atom stereocenters. The van der Waals surface area contributed by atoms with E-state index in [1.807, 2.05) is 18.7 Å². The van der Waals surface area contributed by atoms with E-state index in [-0.39, 0.29) is 0 Å². The van der Waals surface area contributed by atoms with Gasteiger partial charge in [0.15, 0.2) is 0 Å². The monoisotopic (exact) mass is 273 g/mol. The number of benzene rings is 1. The van der Waals surface area contributed by atoms with Crippen molar-refractivity contribution in [1.82, 2.24) is 9.55 Å². The lowest BCUT2D eigenvalue weighted by molar-refractivity contribution is 0.666. The number of nitrogens with zero attached hydrogens (tertiary/aromatic N) is 2. The Morgan fingerprint density at radius 2 is 2.21 bits per heavy atom. The van der Waals surface area contributed by atoms with Crippen molar-refractivity contribution in [2.45, 2.75) is 25.4 Å². The summed E-state index contributed by atoms with van der Waals surface area (Å²) in [5, 5.41) is 3.66. The average Bonchev–Trinajstić information content (AvgIpc) is 2.93. The molecule has 1 fully saturated rings. The third-order valence-electron chi connectivity index (χ3n) is 3.44. The highest BCUT2D eigenvalue weighted by molar-refractivity contribution is 7.99. The number of aromatic nitrogens is 2. The first-order valence-corrected chi connectivity index (χ1v) is 7.94. The Labute approximate surface area is 118 Å². The van der Waals surface area contributed by atoms with E-state index in [0.29, 0.717) is 6.04 Å². The van der Waals surface area contributed by atoms with Crippen LogP contribution in [0.15, 0.2) is 43.0 Å². The molecule has 0 bridgehead atoms. The van der Waals surface area contributed by atoms with Gasteiger partial charge in [0, 0.05) is 30.7 Å². The Morgan fingerprint density at radius 1 is 1.32 bits per heavy atom. The van der Waals surface area contributed by atoms with Gasteiger partial charge in [-0.3, -0.25) is 0 Å². The van der Waals surface area contributed by atoms with Gasteiger partial charge in [0.2, 0.25) is 0 Å². The van der Waals surface area contributed by atoms with Crippen molar-refractivity contribution in [3.8, 4) is 0 Å². The predicted octanol–water partition coefficient (Wildman–Crippen LogP) is 3.24. The minimum Gasteiger partial charge on any atom is -0.382 e. The molecule has 0 radical (unpaired) electrons. The molecule has 0 saturated carbocycles. The quantitative estimate of drug-likeness (QED) is 0.927. The van der Waals surface area contributed by atoms with Crippen molar-refractivity contribution in [3.05, 3.63) is 48.5 Å². The Morgan fingerprint density at radius 3 is 3.00 bits per heavy atom. The van der Waals surface area contributed by atoms with Crippen molar-refractivity contribution >= 4 is 17.4 Å². The molecule has 2 aromatic rings. The summed E-state index contributed by atoms with van der Waals surface area (Å²) in [7, 11) is 0. The van der Waals surface area contributed by atoms with E-state index in [1.165, 1.54) is 35.6 Å². The number of hydrogen-bond donors (Lipinski definition) is 1. The second-order valence-corrected chi connectivity index (χ2v) is 6.19. The highest BCUT2D eigenvalue weighted by Gasteiger charge is 2.13. The predicted molar refractivity (Wildman–Crippen MR) is 81.7 cm³/mol. The van der Waals surface area contributed by atoms with E-state index < -0.39 is 0 Å². The maximum atomic E-state index is 4.08. The van der Waals surface area contributed by atoms with Gasteiger partial charge in [0.25, 0.3) is 0 Å². The van der Waals surface area contributed by atoms with Crippen molar-refractivity contribution in [2.75, 3.05) is 16.8 Å². The molecule has 3 nitrogen and oxygen atoms in total. The second kappa shape index (κ2) is 6.15. The third kappa shape index (κ3) is 3.53. The maximum absolute atomic E-state index is 4.08. The van der Waals surface area contributed by atoms with Crippen LogP contribution in [-0.2, 0) is 6.54 Å². The zero-order valence-electron chi connectivity index (χ0n) is 11.0. The van der Waals surface area contributed by atoms with Gasteiger partial charge in [-0.2, -0.15) is 11.8 Å². The highest BCUT2D eigenvalue weighted by Crippen LogP contribution is 2.21. The molecule has 1 aliphatic rings. The van der Waals surface area contributed by atoms with Crippen LogP contribution in [0.5, 0.6) is 0 Å². The molecule has 0 amide bonds. The van der Waals surface area contributed by atoms with Crippen molar-refractivity contribution < 1.29 is 0 Å². The molecule has 4 heteroatoms. The van der Waals surface area contributed by atoms with E-state index in [0.717, 1.165) is 6.54 Å². The van der Waals surface area contributed by atoms with Crippen LogP contribution in [0, 0.1) is 0 Å². The van der Waals surface area contributed by atoms with Crippen molar-refractivity contribution in [3.63, 3.8) is 0 Å². The number of nitrogens with one attached hydrogen (secondary N) is 1. The summed E-state index contributed by atoms with van der Waals surface area (Å²) < 4.78 is 2.09. The summed E-state index contributed by atoms with van der Waals surface area (Å²) in [5.74, 6) is 2.57. The van der Waals surface area contributed by atoms with E-state index >= 15 is 0 Å². The molecular formula is C15H19N3S. The third-order valence-corrected chi connectivity index (χ3v) is 4.49. The van der Waals surface area contributed by atoms with Crippen LogP contribution < -0.4 is 5.32 Å². The normalized spacial score (nSPS) is 16.4. The molecule has 19 heavy (non-hydrogen) atoms. The number of anilines is 1. The number of rotatable bonds is 4. The lowest BCUT2D eigenvalue weighted by Gasteiger charge is -2.23. The van der Waals surface area contributed by atoms with Crippen molar-refractivity contribution in [1.29, 1.82) is 0 Å². The molecule has 1 aromatic heterocycles. The Balaban J connectivity index is 1.65. The van der Waals surface area contributed by atoms with Gasteiger partial charge >= 0.3 is 0 Å². The summed E-state index contributed by atoms with van der Waals surface area (Å²) in [6, 6.07) is 9.36. The summed E-state index contributed by atoms with van der Waals surface area (Å²) in [4.78, 5) is 4.08. The zero-order valence-corrected chi connectivity index (χ0v) is 11.8. The standard InChI is InChI=1S/C15H19N3S/c1-2-13(11-18-7-6-16-12-18)10-15(3-1)17-14-4-8-19-9-5-14/h1-3,6-7,10,12,14,17H,4-5,8-9,11H2. The van der Waals surface area contributed by atoms with Crippen LogP contribution in [0.3, 0.4) is 0 Å². The van der Waals surface area contributed by atoms with Gasteiger partial charge in [-0.05, 0) is 42.0 Å². The molecule has 1 saturated heterocycles. The Hall–Kier alpha value is -1.42. The van der Waals surface area contributed by atoms with Crippen LogP contribution in [0.25, 0.3) is 0 Å². The zero-order chi connectivity index (χ0) is 12.9. The van der Waals surface area contributed by atoms with E-state index in [9.17, 15) is 0 Å². The molecule has 1 aliphatic heterocycles. The largest absolute Gasteiger partial charge is 0.382 e. The molecule has 1 aromatic carbocycles. The van der Waals surface area contributed by atoms with Gasteiger partial charge in [-0.25, -0.2) is 4.98 Å². The van der Waals surface area contributed by atoms with Crippen LogP contribution in [0.4, 0.5) is 5.69 Å². The Kier molecular flexibility index (Phi) is 4.08. The summed E-state index contributed by atoms with van der Waals surface area (Å²) in [6.07, 6.45) is 8.23. The molecule has 0 spiro atoms. The fraction of sp³-hybridized carbons (Fsp3) is 0.400. The molecule has 3 rings (SSSR count). The lowest BCUT2D eigenvalue weighted by Crippen LogP contribution is -2.24. The molecule has 0 unspecified atom stereocenters. The van der Waals surface area contributed by atoms with E-state index in [2.05, 4.69) is 50.9 Å². The van der Waals surface area contributed by atoms with Crippen LogP contribution in [-0.4, -0.2) is 27.1 Å². The Bertz CT molecular complexity index is 504. The fourth-order valence-corrected chi connectivity index (χ4v) is 3.53. The van der Waals surface area contributed by atoms with E-state index in [1.54, 1.807) is 0 Å². The van der Waals surface area contributed by atoms with Gasteiger partial charge in [-0.1, -0.05) is 12.1 Å². The summed E-state index contributed by atoms with van der Waals surface area (Å²) in [5.41, 5.74) is 2.56. The van der Waals surface area contributed by atoms with Crippen LogP contribution >= 0.6 is 11.8 Å². The minimum absolute atomic E-state index is 0.643.